The lowest BCUT2D eigenvalue weighted by atomic mass is 10.3. The molecule has 2 fully saturated rings. The summed E-state index contributed by atoms with van der Waals surface area (Å²) in [5.41, 5.74) is 0. The molecule has 0 aromatic carbocycles. The zero-order valence-corrected chi connectivity index (χ0v) is 13.6. The zero-order valence-electron chi connectivity index (χ0n) is 13.6. The molecule has 2 amide bonds. The van der Waals surface area contributed by atoms with Crippen molar-refractivity contribution < 1.29 is 13.9 Å². The molecule has 1 N–H and O–H groups in total. The third kappa shape index (κ3) is 4.95. The molecule has 0 radical (unpaired) electrons. The molecule has 0 atom stereocenters. The SMILES string of the molecule is O=C(NCCN1CCOCC1)N1CCN(Cc2ccco2)CC1. The molecular weight excluding hydrogens is 296 g/mol. The maximum absolute atomic E-state index is 12.2. The van der Waals surface area contributed by atoms with Gasteiger partial charge in [-0.05, 0) is 12.1 Å². The number of carbonyl (C=O) groups is 1. The Morgan fingerprint density at radius 2 is 1.87 bits per heavy atom. The van der Waals surface area contributed by atoms with Crippen LogP contribution in [0.2, 0.25) is 0 Å². The lowest BCUT2D eigenvalue weighted by molar-refractivity contribution is 0.0385. The van der Waals surface area contributed by atoms with E-state index in [0.717, 1.165) is 71.3 Å². The van der Waals surface area contributed by atoms with Crippen molar-refractivity contribution >= 4 is 6.03 Å². The van der Waals surface area contributed by atoms with Crippen LogP contribution in [0.5, 0.6) is 0 Å². The van der Waals surface area contributed by atoms with Crippen molar-refractivity contribution in [2.24, 2.45) is 0 Å². The highest BCUT2D eigenvalue weighted by Gasteiger charge is 2.21. The normalized spacial score (nSPS) is 20.6. The predicted octanol–water partition coefficient (Wildman–Crippen LogP) is 0.439. The van der Waals surface area contributed by atoms with Crippen LogP contribution in [0.1, 0.15) is 5.76 Å². The van der Waals surface area contributed by atoms with Crippen molar-refractivity contribution in [2.45, 2.75) is 6.54 Å². The minimum Gasteiger partial charge on any atom is -0.468 e. The van der Waals surface area contributed by atoms with Crippen molar-refractivity contribution in [1.29, 1.82) is 0 Å². The highest BCUT2D eigenvalue weighted by molar-refractivity contribution is 5.74. The van der Waals surface area contributed by atoms with Crippen LogP contribution in [0, 0.1) is 0 Å². The monoisotopic (exact) mass is 322 g/mol. The van der Waals surface area contributed by atoms with Gasteiger partial charge in [-0.1, -0.05) is 0 Å². The lowest BCUT2D eigenvalue weighted by Gasteiger charge is -2.34. The topological polar surface area (TPSA) is 61.2 Å². The summed E-state index contributed by atoms with van der Waals surface area (Å²) in [4.78, 5) is 18.7. The zero-order chi connectivity index (χ0) is 15.9. The molecule has 7 heteroatoms. The van der Waals surface area contributed by atoms with Crippen LogP contribution in [0.3, 0.4) is 0 Å². The smallest absolute Gasteiger partial charge is 0.317 e. The highest BCUT2D eigenvalue weighted by Crippen LogP contribution is 2.09. The van der Waals surface area contributed by atoms with Gasteiger partial charge < -0.3 is 19.4 Å². The van der Waals surface area contributed by atoms with E-state index in [2.05, 4.69) is 15.1 Å². The minimum atomic E-state index is 0.0518. The first-order valence-electron chi connectivity index (χ1n) is 8.39. The van der Waals surface area contributed by atoms with E-state index < -0.39 is 0 Å². The second kappa shape index (κ2) is 8.33. The van der Waals surface area contributed by atoms with E-state index >= 15 is 0 Å². The van der Waals surface area contributed by atoms with Crippen LogP contribution in [-0.4, -0.2) is 86.3 Å². The summed E-state index contributed by atoms with van der Waals surface area (Å²) in [5, 5.41) is 3.03. The first-order valence-corrected chi connectivity index (χ1v) is 8.39. The molecule has 3 heterocycles. The van der Waals surface area contributed by atoms with Gasteiger partial charge in [-0.2, -0.15) is 0 Å². The molecule has 0 saturated carbocycles. The molecule has 0 spiro atoms. The maximum atomic E-state index is 12.2. The summed E-state index contributed by atoms with van der Waals surface area (Å²) in [6.45, 7) is 9.24. The van der Waals surface area contributed by atoms with E-state index in [1.807, 2.05) is 17.0 Å². The number of nitrogens with zero attached hydrogens (tertiary/aromatic N) is 3. The lowest BCUT2D eigenvalue weighted by Crippen LogP contribution is -2.52. The molecule has 0 bridgehead atoms. The Morgan fingerprint density at radius 1 is 1.09 bits per heavy atom. The van der Waals surface area contributed by atoms with Crippen LogP contribution in [0.15, 0.2) is 22.8 Å². The summed E-state index contributed by atoms with van der Waals surface area (Å²) in [5.74, 6) is 0.980. The van der Waals surface area contributed by atoms with Crippen LogP contribution in [-0.2, 0) is 11.3 Å². The van der Waals surface area contributed by atoms with Gasteiger partial charge in [-0.15, -0.1) is 0 Å². The van der Waals surface area contributed by atoms with Crippen LogP contribution >= 0.6 is 0 Å². The highest BCUT2D eigenvalue weighted by atomic mass is 16.5. The Labute approximate surface area is 137 Å². The fraction of sp³-hybridized carbons (Fsp3) is 0.688. The van der Waals surface area contributed by atoms with Gasteiger partial charge in [0.15, 0.2) is 0 Å². The molecular formula is C16H26N4O3. The predicted molar refractivity (Wildman–Crippen MR) is 86.2 cm³/mol. The Morgan fingerprint density at radius 3 is 2.57 bits per heavy atom. The molecule has 7 nitrogen and oxygen atoms in total. The van der Waals surface area contributed by atoms with Gasteiger partial charge in [0.2, 0.25) is 0 Å². The number of carbonyl (C=O) groups excluding carboxylic acids is 1. The Kier molecular flexibility index (Phi) is 5.90. The average Bonchev–Trinajstić information content (AvgIpc) is 3.09. The number of hydrogen-bond acceptors (Lipinski definition) is 5. The van der Waals surface area contributed by atoms with E-state index in [1.165, 1.54) is 0 Å². The van der Waals surface area contributed by atoms with Crippen molar-refractivity contribution in [3.8, 4) is 0 Å². The van der Waals surface area contributed by atoms with Gasteiger partial charge >= 0.3 is 6.03 Å². The fourth-order valence-corrected chi connectivity index (χ4v) is 2.99. The number of morpholine rings is 1. The molecule has 2 aliphatic heterocycles. The number of piperazine rings is 1. The molecule has 128 valence electrons. The van der Waals surface area contributed by atoms with Gasteiger partial charge in [0, 0.05) is 52.4 Å². The Bertz CT molecular complexity index is 466. The molecule has 2 saturated heterocycles. The molecule has 1 aromatic heterocycles. The first-order chi connectivity index (χ1) is 11.3. The number of furan rings is 1. The van der Waals surface area contributed by atoms with E-state index in [1.54, 1.807) is 6.26 Å². The summed E-state index contributed by atoms with van der Waals surface area (Å²) in [6, 6.07) is 3.95. The number of nitrogens with one attached hydrogen (secondary N) is 1. The Hall–Kier alpha value is -1.57. The Balaban J connectivity index is 1.31. The van der Waals surface area contributed by atoms with Crippen molar-refractivity contribution in [2.75, 3.05) is 65.6 Å². The summed E-state index contributed by atoms with van der Waals surface area (Å²) in [6.07, 6.45) is 1.70. The second-order valence-corrected chi connectivity index (χ2v) is 6.03. The van der Waals surface area contributed by atoms with Crippen LogP contribution in [0.25, 0.3) is 0 Å². The summed E-state index contributed by atoms with van der Waals surface area (Å²) < 4.78 is 10.7. The molecule has 3 rings (SSSR count). The van der Waals surface area contributed by atoms with Gasteiger partial charge in [0.25, 0.3) is 0 Å². The summed E-state index contributed by atoms with van der Waals surface area (Å²) >= 11 is 0. The molecule has 1 aromatic rings. The third-order valence-corrected chi connectivity index (χ3v) is 4.43. The number of hydrogen-bond donors (Lipinski definition) is 1. The van der Waals surface area contributed by atoms with Gasteiger partial charge in [0.05, 0.1) is 26.0 Å². The molecule has 0 unspecified atom stereocenters. The van der Waals surface area contributed by atoms with Crippen molar-refractivity contribution in [3.05, 3.63) is 24.2 Å². The molecule has 23 heavy (non-hydrogen) atoms. The van der Waals surface area contributed by atoms with Crippen LogP contribution < -0.4 is 5.32 Å². The fourth-order valence-electron chi connectivity index (χ4n) is 2.99. The van der Waals surface area contributed by atoms with E-state index in [9.17, 15) is 4.79 Å². The van der Waals surface area contributed by atoms with Crippen molar-refractivity contribution in [1.82, 2.24) is 20.0 Å². The van der Waals surface area contributed by atoms with Gasteiger partial charge in [-0.3, -0.25) is 9.80 Å². The van der Waals surface area contributed by atoms with E-state index in [-0.39, 0.29) is 6.03 Å². The van der Waals surface area contributed by atoms with Gasteiger partial charge in [-0.25, -0.2) is 4.79 Å². The molecule has 2 aliphatic rings. The molecule has 0 aliphatic carbocycles. The standard InChI is InChI=1S/C16H26N4O3/c21-16(17-3-4-18-9-12-22-13-10-18)20-7-5-19(6-8-20)14-15-2-1-11-23-15/h1-2,11H,3-10,12-14H2,(H,17,21). The minimum absolute atomic E-state index is 0.0518. The van der Waals surface area contributed by atoms with Crippen LogP contribution in [0.4, 0.5) is 4.79 Å². The number of amides is 2. The average molecular weight is 322 g/mol. The number of rotatable bonds is 5. The number of urea groups is 1. The first kappa shape index (κ1) is 16.3. The van der Waals surface area contributed by atoms with E-state index in [4.69, 9.17) is 9.15 Å². The maximum Gasteiger partial charge on any atom is 0.317 e. The number of ether oxygens (including phenoxy) is 1. The quantitative estimate of drug-likeness (QED) is 0.852. The third-order valence-electron chi connectivity index (χ3n) is 4.43. The summed E-state index contributed by atoms with van der Waals surface area (Å²) in [7, 11) is 0. The largest absolute Gasteiger partial charge is 0.468 e. The van der Waals surface area contributed by atoms with Crippen molar-refractivity contribution in [3.63, 3.8) is 0 Å². The second-order valence-electron chi connectivity index (χ2n) is 6.03. The van der Waals surface area contributed by atoms with E-state index in [0.29, 0.717) is 6.54 Å². The van der Waals surface area contributed by atoms with Gasteiger partial charge in [0.1, 0.15) is 5.76 Å².